The van der Waals surface area contributed by atoms with Crippen LogP contribution in [0.15, 0.2) is 30.7 Å². The minimum absolute atomic E-state index is 0.0194. The lowest BCUT2D eigenvalue weighted by Crippen LogP contribution is -2.03. The molecule has 0 fully saturated rings. The number of aromatic carboxylic acids is 1. The summed E-state index contributed by atoms with van der Waals surface area (Å²) in [6.45, 7) is 0. The third-order valence-electron chi connectivity index (χ3n) is 2.61. The quantitative estimate of drug-likeness (QED) is 0.903. The van der Waals surface area contributed by atoms with Gasteiger partial charge in [0.05, 0.1) is 19.9 Å². The number of carbonyl (C=O) groups is 1. The van der Waals surface area contributed by atoms with E-state index in [2.05, 4.69) is 9.97 Å². The van der Waals surface area contributed by atoms with Crippen molar-refractivity contribution in [2.24, 2.45) is 0 Å². The number of carboxylic acid groups (broad SMARTS) is 1. The maximum absolute atomic E-state index is 11.2. The van der Waals surface area contributed by atoms with Crippen LogP contribution in [0.3, 0.4) is 0 Å². The molecular weight excluding hydrogens is 248 g/mol. The first-order valence-corrected chi connectivity index (χ1v) is 5.43. The van der Waals surface area contributed by atoms with Crippen molar-refractivity contribution in [3.05, 3.63) is 36.3 Å². The molecule has 98 valence electrons. The molecule has 0 aliphatic rings. The molecule has 19 heavy (non-hydrogen) atoms. The van der Waals surface area contributed by atoms with Gasteiger partial charge in [0.1, 0.15) is 23.4 Å². The molecule has 0 saturated carbocycles. The maximum Gasteiger partial charge on any atom is 0.339 e. The first kappa shape index (κ1) is 12.8. The lowest BCUT2D eigenvalue weighted by molar-refractivity contribution is 0.0697. The average molecular weight is 260 g/mol. The van der Waals surface area contributed by atoms with Crippen LogP contribution in [0.1, 0.15) is 10.4 Å². The summed E-state index contributed by atoms with van der Waals surface area (Å²) in [6.07, 6.45) is 2.56. The Morgan fingerprint density at radius 2 is 2.05 bits per heavy atom. The fraction of sp³-hybridized carbons (Fsp3) is 0.154. The van der Waals surface area contributed by atoms with E-state index in [1.807, 2.05) is 0 Å². The van der Waals surface area contributed by atoms with E-state index >= 15 is 0 Å². The molecule has 0 amide bonds. The maximum atomic E-state index is 11.2. The SMILES string of the molecule is COc1ccc(-c2ncncc2C(=O)O)c(OC)c1. The molecular formula is C13H12N2O4. The Kier molecular flexibility index (Phi) is 3.61. The monoisotopic (exact) mass is 260 g/mol. The summed E-state index contributed by atoms with van der Waals surface area (Å²) in [7, 11) is 3.04. The van der Waals surface area contributed by atoms with E-state index in [4.69, 9.17) is 14.6 Å². The van der Waals surface area contributed by atoms with Gasteiger partial charge < -0.3 is 14.6 Å². The zero-order chi connectivity index (χ0) is 13.8. The normalized spacial score (nSPS) is 10.0. The number of benzene rings is 1. The second-order valence-corrected chi connectivity index (χ2v) is 3.66. The molecule has 0 aliphatic carbocycles. The lowest BCUT2D eigenvalue weighted by atomic mass is 10.1. The fourth-order valence-electron chi connectivity index (χ4n) is 1.69. The van der Waals surface area contributed by atoms with Crippen molar-refractivity contribution in [2.45, 2.75) is 0 Å². The molecule has 0 saturated heterocycles. The zero-order valence-electron chi connectivity index (χ0n) is 10.5. The van der Waals surface area contributed by atoms with E-state index in [-0.39, 0.29) is 5.56 Å². The van der Waals surface area contributed by atoms with E-state index < -0.39 is 5.97 Å². The van der Waals surface area contributed by atoms with E-state index in [9.17, 15) is 4.79 Å². The summed E-state index contributed by atoms with van der Waals surface area (Å²) in [5, 5.41) is 9.15. The van der Waals surface area contributed by atoms with Crippen molar-refractivity contribution in [3.63, 3.8) is 0 Å². The number of ether oxygens (including phenoxy) is 2. The van der Waals surface area contributed by atoms with E-state index in [0.29, 0.717) is 22.8 Å². The van der Waals surface area contributed by atoms with Crippen molar-refractivity contribution < 1.29 is 19.4 Å². The Labute approximate surface area is 109 Å². The summed E-state index contributed by atoms with van der Waals surface area (Å²) in [5.74, 6) is 0.0144. The van der Waals surface area contributed by atoms with Gasteiger partial charge in [-0.25, -0.2) is 14.8 Å². The molecule has 2 aromatic rings. The smallest absolute Gasteiger partial charge is 0.339 e. The summed E-state index contributed by atoms with van der Waals surface area (Å²) in [4.78, 5) is 18.9. The predicted molar refractivity (Wildman–Crippen MR) is 67.5 cm³/mol. The molecule has 1 heterocycles. The highest BCUT2D eigenvalue weighted by Gasteiger charge is 2.17. The Morgan fingerprint density at radius 3 is 2.68 bits per heavy atom. The Bertz CT molecular complexity index is 613. The third-order valence-corrected chi connectivity index (χ3v) is 2.61. The molecule has 0 aliphatic heterocycles. The van der Waals surface area contributed by atoms with Crippen molar-refractivity contribution in [1.82, 2.24) is 9.97 Å². The van der Waals surface area contributed by atoms with Crippen molar-refractivity contribution in [2.75, 3.05) is 14.2 Å². The van der Waals surface area contributed by atoms with Crippen LogP contribution in [0, 0.1) is 0 Å². The number of nitrogens with zero attached hydrogens (tertiary/aromatic N) is 2. The van der Waals surface area contributed by atoms with Gasteiger partial charge in [0.25, 0.3) is 0 Å². The number of rotatable bonds is 4. The highest BCUT2D eigenvalue weighted by Crippen LogP contribution is 2.33. The molecule has 0 bridgehead atoms. The number of carboxylic acids is 1. The van der Waals surface area contributed by atoms with Crippen LogP contribution in [0.5, 0.6) is 11.5 Å². The van der Waals surface area contributed by atoms with Crippen LogP contribution < -0.4 is 9.47 Å². The van der Waals surface area contributed by atoms with Gasteiger partial charge in [0, 0.05) is 17.8 Å². The van der Waals surface area contributed by atoms with Crippen LogP contribution in [-0.2, 0) is 0 Å². The molecule has 0 radical (unpaired) electrons. The lowest BCUT2D eigenvalue weighted by Gasteiger charge is -2.11. The molecule has 0 unspecified atom stereocenters. The van der Waals surface area contributed by atoms with E-state index in [1.54, 1.807) is 25.3 Å². The van der Waals surface area contributed by atoms with Crippen LogP contribution in [-0.4, -0.2) is 35.3 Å². The Morgan fingerprint density at radius 1 is 1.26 bits per heavy atom. The summed E-state index contributed by atoms with van der Waals surface area (Å²) < 4.78 is 10.3. The summed E-state index contributed by atoms with van der Waals surface area (Å²) in [6, 6.07) is 5.08. The average Bonchev–Trinajstić information content (AvgIpc) is 2.46. The molecule has 2 rings (SSSR count). The summed E-state index contributed by atoms with van der Waals surface area (Å²) >= 11 is 0. The Hall–Kier alpha value is -2.63. The van der Waals surface area contributed by atoms with Gasteiger partial charge in [0.2, 0.25) is 0 Å². The van der Waals surface area contributed by atoms with Gasteiger partial charge in [-0.1, -0.05) is 0 Å². The number of aromatic nitrogens is 2. The molecule has 1 aromatic carbocycles. The van der Waals surface area contributed by atoms with Crippen LogP contribution in [0.4, 0.5) is 0 Å². The third kappa shape index (κ3) is 2.47. The largest absolute Gasteiger partial charge is 0.497 e. The molecule has 6 heteroatoms. The second kappa shape index (κ2) is 5.34. The van der Waals surface area contributed by atoms with Gasteiger partial charge in [-0.2, -0.15) is 0 Å². The van der Waals surface area contributed by atoms with E-state index in [1.165, 1.54) is 19.6 Å². The molecule has 1 N–H and O–H groups in total. The minimum atomic E-state index is -1.09. The van der Waals surface area contributed by atoms with Crippen LogP contribution in [0.25, 0.3) is 11.3 Å². The van der Waals surface area contributed by atoms with Gasteiger partial charge in [-0.05, 0) is 12.1 Å². The minimum Gasteiger partial charge on any atom is -0.497 e. The van der Waals surface area contributed by atoms with Crippen LogP contribution >= 0.6 is 0 Å². The molecule has 0 atom stereocenters. The second-order valence-electron chi connectivity index (χ2n) is 3.66. The predicted octanol–water partition coefficient (Wildman–Crippen LogP) is 1.86. The standard InChI is InChI=1S/C13H12N2O4/c1-18-8-3-4-9(11(5-8)19-2)12-10(13(16)17)6-14-7-15-12/h3-7H,1-2H3,(H,16,17). The number of methoxy groups -OCH3 is 2. The Balaban J connectivity index is 2.62. The molecule has 1 aromatic heterocycles. The van der Waals surface area contributed by atoms with Gasteiger partial charge in [-0.15, -0.1) is 0 Å². The first-order valence-electron chi connectivity index (χ1n) is 5.43. The highest BCUT2D eigenvalue weighted by molar-refractivity contribution is 5.95. The van der Waals surface area contributed by atoms with Gasteiger partial charge in [0.15, 0.2) is 0 Å². The number of hydrogen-bond acceptors (Lipinski definition) is 5. The zero-order valence-corrected chi connectivity index (χ0v) is 10.5. The van der Waals surface area contributed by atoms with Crippen LogP contribution in [0.2, 0.25) is 0 Å². The fourth-order valence-corrected chi connectivity index (χ4v) is 1.69. The van der Waals surface area contributed by atoms with E-state index in [0.717, 1.165) is 0 Å². The number of hydrogen-bond donors (Lipinski definition) is 1. The molecule has 0 spiro atoms. The first-order chi connectivity index (χ1) is 9.17. The topological polar surface area (TPSA) is 81.5 Å². The van der Waals surface area contributed by atoms with Gasteiger partial charge >= 0.3 is 5.97 Å². The summed E-state index contributed by atoms with van der Waals surface area (Å²) in [5.41, 5.74) is 0.899. The van der Waals surface area contributed by atoms with Crippen molar-refractivity contribution in [1.29, 1.82) is 0 Å². The molecule has 6 nitrogen and oxygen atoms in total. The van der Waals surface area contributed by atoms with Gasteiger partial charge in [-0.3, -0.25) is 0 Å². The highest BCUT2D eigenvalue weighted by atomic mass is 16.5. The van der Waals surface area contributed by atoms with Crippen molar-refractivity contribution in [3.8, 4) is 22.8 Å². The van der Waals surface area contributed by atoms with Crippen molar-refractivity contribution >= 4 is 5.97 Å².